The van der Waals surface area contributed by atoms with Gasteiger partial charge in [-0.3, -0.25) is 4.99 Å². The summed E-state index contributed by atoms with van der Waals surface area (Å²) in [6.45, 7) is 7.40. The zero-order valence-electron chi connectivity index (χ0n) is 16.2. The van der Waals surface area contributed by atoms with Gasteiger partial charge >= 0.3 is 0 Å². The lowest BCUT2D eigenvalue weighted by Gasteiger charge is -2.29. The molecule has 0 bridgehead atoms. The number of hydrogen-bond donors (Lipinski definition) is 2. The molecule has 0 aliphatic carbocycles. The first-order chi connectivity index (χ1) is 12.3. The van der Waals surface area contributed by atoms with Gasteiger partial charge in [0.25, 0.3) is 0 Å². The summed E-state index contributed by atoms with van der Waals surface area (Å²) >= 11 is 5.99. The second-order valence-corrected chi connectivity index (χ2v) is 7.36. The van der Waals surface area contributed by atoms with E-state index in [9.17, 15) is 0 Å². The lowest BCUT2D eigenvalue weighted by atomic mass is 9.89. The summed E-state index contributed by atoms with van der Waals surface area (Å²) in [6.07, 6.45) is 0.0545. The third kappa shape index (κ3) is 7.27. The summed E-state index contributed by atoms with van der Waals surface area (Å²) in [5, 5.41) is 11.0. The van der Waals surface area contributed by atoms with Crippen molar-refractivity contribution < 1.29 is 9.26 Å². The molecule has 0 amide bonds. The van der Waals surface area contributed by atoms with Crippen LogP contribution in [-0.2, 0) is 11.3 Å². The summed E-state index contributed by atoms with van der Waals surface area (Å²) in [5.41, 5.74) is 0.835. The minimum Gasteiger partial charge on any atom is -0.379 e. The van der Waals surface area contributed by atoms with Crippen LogP contribution in [0.2, 0.25) is 5.02 Å². The van der Waals surface area contributed by atoms with Crippen molar-refractivity contribution in [3.63, 3.8) is 0 Å². The number of hydrogen-bond acceptors (Lipinski definition) is 5. The van der Waals surface area contributed by atoms with Crippen molar-refractivity contribution in [1.29, 1.82) is 0 Å². The van der Waals surface area contributed by atoms with E-state index in [0.29, 0.717) is 35.8 Å². The van der Waals surface area contributed by atoms with Gasteiger partial charge in [0.2, 0.25) is 11.7 Å². The van der Waals surface area contributed by atoms with Crippen molar-refractivity contribution in [2.75, 3.05) is 20.7 Å². The van der Waals surface area contributed by atoms with Gasteiger partial charge in [-0.2, -0.15) is 4.98 Å². The summed E-state index contributed by atoms with van der Waals surface area (Å²) in [4.78, 5) is 8.57. The van der Waals surface area contributed by atoms with Crippen LogP contribution in [0.25, 0.3) is 11.4 Å². The molecular formula is C18H27ClIN5O2. The van der Waals surface area contributed by atoms with Gasteiger partial charge in [0.05, 0.1) is 12.6 Å². The lowest BCUT2D eigenvalue weighted by molar-refractivity contribution is 0.0205. The Morgan fingerprint density at radius 2 is 2.07 bits per heavy atom. The normalized spacial score (nSPS) is 13.0. The SMILES string of the molecule is CN=C(NCc1nc(-c2cccc(Cl)c2)no1)NCC(OC)C(C)(C)C.I. The number of guanidine groups is 1. The highest BCUT2D eigenvalue weighted by Crippen LogP contribution is 2.21. The predicted octanol–water partition coefficient (Wildman–Crippen LogP) is 3.73. The lowest BCUT2D eigenvalue weighted by Crippen LogP contribution is -2.45. The quantitative estimate of drug-likeness (QED) is 0.352. The number of aromatic nitrogens is 2. The molecule has 1 heterocycles. The highest BCUT2D eigenvalue weighted by atomic mass is 127. The molecule has 27 heavy (non-hydrogen) atoms. The molecule has 2 rings (SSSR count). The van der Waals surface area contributed by atoms with Crippen molar-refractivity contribution in [2.24, 2.45) is 10.4 Å². The first kappa shape index (κ1) is 23.6. The average molecular weight is 508 g/mol. The van der Waals surface area contributed by atoms with Gasteiger partial charge in [-0.05, 0) is 17.5 Å². The topological polar surface area (TPSA) is 84.6 Å². The zero-order valence-corrected chi connectivity index (χ0v) is 19.3. The van der Waals surface area contributed by atoms with Crippen molar-refractivity contribution >= 4 is 41.5 Å². The van der Waals surface area contributed by atoms with Crippen molar-refractivity contribution in [3.8, 4) is 11.4 Å². The molecule has 0 radical (unpaired) electrons. The van der Waals surface area contributed by atoms with Crippen LogP contribution >= 0.6 is 35.6 Å². The Hall–Kier alpha value is -1.39. The molecule has 1 aromatic carbocycles. The van der Waals surface area contributed by atoms with Crippen molar-refractivity contribution in [1.82, 2.24) is 20.8 Å². The van der Waals surface area contributed by atoms with E-state index in [1.165, 1.54) is 0 Å². The molecule has 0 saturated heterocycles. The van der Waals surface area contributed by atoms with Crippen molar-refractivity contribution in [3.05, 3.63) is 35.2 Å². The molecule has 1 atom stereocenters. The Morgan fingerprint density at radius 1 is 1.33 bits per heavy atom. The van der Waals surface area contributed by atoms with Crippen molar-refractivity contribution in [2.45, 2.75) is 33.4 Å². The summed E-state index contributed by atoms with van der Waals surface area (Å²) < 4.78 is 10.8. The number of nitrogens with zero attached hydrogens (tertiary/aromatic N) is 3. The van der Waals surface area contributed by atoms with Gasteiger partial charge in [-0.15, -0.1) is 24.0 Å². The van der Waals surface area contributed by atoms with Gasteiger partial charge in [-0.25, -0.2) is 0 Å². The second-order valence-electron chi connectivity index (χ2n) is 6.92. The molecule has 0 aliphatic rings. The van der Waals surface area contributed by atoms with Crippen LogP contribution in [0.5, 0.6) is 0 Å². The average Bonchev–Trinajstić information content (AvgIpc) is 3.06. The Labute approximate surface area is 182 Å². The van der Waals surface area contributed by atoms with Crippen LogP contribution in [0.3, 0.4) is 0 Å². The Balaban J connectivity index is 0.00000364. The highest BCUT2D eigenvalue weighted by molar-refractivity contribution is 14.0. The van der Waals surface area contributed by atoms with Crippen LogP contribution < -0.4 is 10.6 Å². The van der Waals surface area contributed by atoms with E-state index >= 15 is 0 Å². The monoisotopic (exact) mass is 507 g/mol. The highest BCUT2D eigenvalue weighted by Gasteiger charge is 2.24. The number of nitrogens with one attached hydrogen (secondary N) is 2. The van der Waals surface area contributed by atoms with E-state index in [4.69, 9.17) is 20.9 Å². The maximum atomic E-state index is 5.99. The van der Waals surface area contributed by atoms with E-state index in [1.807, 2.05) is 12.1 Å². The summed E-state index contributed by atoms with van der Waals surface area (Å²) in [7, 11) is 3.42. The fraction of sp³-hybridized carbons (Fsp3) is 0.500. The molecule has 1 unspecified atom stereocenters. The number of rotatable bonds is 6. The number of ether oxygens (including phenoxy) is 1. The van der Waals surface area contributed by atoms with E-state index in [-0.39, 0.29) is 35.5 Å². The third-order valence-corrected chi connectivity index (χ3v) is 4.12. The molecule has 1 aromatic heterocycles. The van der Waals surface area contributed by atoms with E-state index in [0.717, 1.165) is 5.56 Å². The number of methoxy groups -OCH3 is 1. The second kappa shape index (κ2) is 10.8. The minimum atomic E-state index is 0. The fourth-order valence-electron chi connectivity index (χ4n) is 2.38. The smallest absolute Gasteiger partial charge is 0.246 e. The predicted molar refractivity (Wildman–Crippen MR) is 119 cm³/mol. The van der Waals surface area contributed by atoms with Crippen LogP contribution in [-0.4, -0.2) is 42.9 Å². The van der Waals surface area contributed by atoms with Crippen LogP contribution in [0, 0.1) is 5.41 Å². The molecule has 0 saturated carbocycles. The number of halogens is 2. The van der Waals surface area contributed by atoms with Gasteiger partial charge < -0.3 is 19.9 Å². The third-order valence-electron chi connectivity index (χ3n) is 3.89. The Kier molecular flexibility index (Phi) is 9.48. The molecule has 0 fully saturated rings. The Morgan fingerprint density at radius 3 is 2.67 bits per heavy atom. The summed E-state index contributed by atoms with van der Waals surface area (Å²) in [6, 6.07) is 7.32. The standard InChI is InChI=1S/C18H26ClN5O2.HI/c1-18(2,3)14(25-5)10-21-17(20-4)22-11-15-23-16(24-26-15)12-7-6-8-13(19)9-12;/h6-9,14H,10-11H2,1-5H3,(H2,20,21,22);1H. The maximum absolute atomic E-state index is 5.99. The molecule has 2 N–H and O–H groups in total. The molecule has 0 aliphatic heterocycles. The van der Waals surface area contributed by atoms with Crippen LogP contribution in [0.15, 0.2) is 33.8 Å². The summed E-state index contributed by atoms with van der Waals surface area (Å²) in [5.74, 6) is 1.60. The molecule has 9 heteroatoms. The van der Waals surface area contributed by atoms with Gasteiger partial charge in [0.15, 0.2) is 5.96 Å². The maximum Gasteiger partial charge on any atom is 0.246 e. The van der Waals surface area contributed by atoms with Gasteiger partial charge in [0, 0.05) is 31.3 Å². The molecule has 150 valence electrons. The number of benzene rings is 1. The minimum absolute atomic E-state index is 0. The Bertz CT molecular complexity index is 745. The van der Waals surface area contributed by atoms with E-state index in [1.54, 1.807) is 26.3 Å². The molecule has 7 nitrogen and oxygen atoms in total. The fourth-order valence-corrected chi connectivity index (χ4v) is 2.57. The molecule has 2 aromatic rings. The molecular weight excluding hydrogens is 481 g/mol. The largest absolute Gasteiger partial charge is 0.379 e. The first-order valence-electron chi connectivity index (χ1n) is 8.39. The van der Waals surface area contributed by atoms with E-state index in [2.05, 4.69) is 46.5 Å². The van der Waals surface area contributed by atoms with Gasteiger partial charge in [-0.1, -0.05) is 49.7 Å². The van der Waals surface area contributed by atoms with E-state index < -0.39 is 0 Å². The number of aliphatic imine (C=N–C) groups is 1. The first-order valence-corrected chi connectivity index (χ1v) is 8.77. The van der Waals surface area contributed by atoms with Gasteiger partial charge in [0.1, 0.15) is 0 Å². The zero-order chi connectivity index (χ0) is 19.2. The molecule has 0 spiro atoms. The van der Waals surface area contributed by atoms with Crippen LogP contribution in [0.4, 0.5) is 0 Å². The van der Waals surface area contributed by atoms with Crippen LogP contribution in [0.1, 0.15) is 26.7 Å².